The van der Waals surface area contributed by atoms with E-state index in [-0.39, 0.29) is 30.6 Å². The van der Waals surface area contributed by atoms with Crippen molar-refractivity contribution in [2.45, 2.75) is 32.7 Å². The molecule has 1 aliphatic rings. The highest BCUT2D eigenvalue weighted by Gasteiger charge is 2.14. The molecule has 0 spiro atoms. The van der Waals surface area contributed by atoms with Gasteiger partial charge in [-0.1, -0.05) is 6.07 Å². The monoisotopic (exact) mass is 287 g/mol. The summed E-state index contributed by atoms with van der Waals surface area (Å²) in [4.78, 5) is 11.3. The van der Waals surface area contributed by atoms with E-state index >= 15 is 0 Å². The lowest BCUT2D eigenvalue weighted by atomic mass is 9.96. The van der Waals surface area contributed by atoms with Crippen molar-refractivity contribution >= 4 is 18.4 Å². The number of carbonyl (C=O) groups excluding carboxylic acids is 1. The Morgan fingerprint density at radius 3 is 2.95 bits per heavy atom. The first-order chi connectivity index (χ1) is 8.70. The van der Waals surface area contributed by atoms with Crippen LogP contribution in [-0.4, -0.2) is 19.1 Å². The second kappa shape index (κ2) is 7.46. The van der Waals surface area contributed by atoms with Crippen LogP contribution in [0.15, 0.2) is 12.1 Å². The number of carbonyl (C=O) groups is 1. The second-order valence-corrected chi connectivity index (χ2v) is 4.44. The zero-order valence-corrected chi connectivity index (χ0v) is 11.8. The van der Waals surface area contributed by atoms with Gasteiger partial charge in [-0.15, -0.1) is 12.4 Å². The molecule has 0 amide bonds. The minimum Gasteiger partial charge on any atom is -0.466 e. The van der Waals surface area contributed by atoms with E-state index in [9.17, 15) is 9.18 Å². The van der Waals surface area contributed by atoms with E-state index in [1.54, 1.807) is 13.0 Å². The largest absolute Gasteiger partial charge is 0.466 e. The third-order valence-corrected chi connectivity index (χ3v) is 3.16. The van der Waals surface area contributed by atoms with Gasteiger partial charge in [0.2, 0.25) is 0 Å². The summed E-state index contributed by atoms with van der Waals surface area (Å²) in [5, 5.41) is 3.21. The van der Waals surface area contributed by atoms with Gasteiger partial charge >= 0.3 is 5.97 Å². The molecule has 1 N–H and O–H groups in total. The SMILES string of the molecule is CCOC(=O)CCc1cc2c(cc1F)CNCC2.Cl. The molecule has 5 heteroatoms. The van der Waals surface area contributed by atoms with E-state index in [1.807, 2.05) is 6.07 Å². The van der Waals surface area contributed by atoms with Crippen molar-refractivity contribution in [1.82, 2.24) is 5.32 Å². The van der Waals surface area contributed by atoms with Crippen molar-refractivity contribution in [3.05, 3.63) is 34.6 Å². The number of aryl methyl sites for hydroxylation is 1. The standard InChI is InChI=1S/C14H18FNO2.ClH/c1-2-18-14(17)4-3-11-7-10-5-6-16-9-12(10)8-13(11)15;/h7-8,16H,2-6,9H2,1H3;1H. The molecule has 1 heterocycles. The number of esters is 1. The van der Waals surface area contributed by atoms with Gasteiger partial charge in [-0.05, 0) is 49.1 Å². The molecule has 0 radical (unpaired) electrons. The van der Waals surface area contributed by atoms with Crippen LogP contribution in [-0.2, 0) is 28.9 Å². The first-order valence-corrected chi connectivity index (χ1v) is 6.37. The van der Waals surface area contributed by atoms with Gasteiger partial charge < -0.3 is 10.1 Å². The third kappa shape index (κ3) is 4.18. The molecule has 19 heavy (non-hydrogen) atoms. The van der Waals surface area contributed by atoms with Gasteiger partial charge in [0.1, 0.15) is 5.82 Å². The van der Waals surface area contributed by atoms with Crippen LogP contribution >= 0.6 is 12.4 Å². The molecule has 0 aliphatic carbocycles. The van der Waals surface area contributed by atoms with Crippen molar-refractivity contribution in [3.8, 4) is 0 Å². The van der Waals surface area contributed by atoms with Crippen molar-refractivity contribution in [2.75, 3.05) is 13.2 Å². The number of fused-ring (bicyclic) bond motifs is 1. The summed E-state index contributed by atoms with van der Waals surface area (Å²) in [6, 6.07) is 3.48. The Bertz CT molecular complexity index is 451. The highest BCUT2D eigenvalue weighted by molar-refractivity contribution is 5.85. The number of nitrogens with one attached hydrogen (secondary N) is 1. The minimum absolute atomic E-state index is 0. The number of hydrogen-bond acceptors (Lipinski definition) is 3. The average molecular weight is 288 g/mol. The molecule has 1 aromatic rings. The van der Waals surface area contributed by atoms with Crippen LogP contribution in [0.1, 0.15) is 30.0 Å². The van der Waals surface area contributed by atoms with Crippen LogP contribution < -0.4 is 5.32 Å². The van der Waals surface area contributed by atoms with Gasteiger partial charge in [0.25, 0.3) is 0 Å². The fraction of sp³-hybridized carbons (Fsp3) is 0.500. The molecule has 106 valence electrons. The second-order valence-electron chi connectivity index (χ2n) is 4.44. The Morgan fingerprint density at radius 2 is 2.21 bits per heavy atom. The molecule has 0 unspecified atom stereocenters. The first-order valence-electron chi connectivity index (χ1n) is 6.37. The van der Waals surface area contributed by atoms with E-state index in [4.69, 9.17) is 4.74 Å². The number of ether oxygens (including phenoxy) is 1. The summed E-state index contributed by atoms with van der Waals surface area (Å²) in [7, 11) is 0. The van der Waals surface area contributed by atoms with E-state index < -0.39 is 0 Å². The van der Waals surface area contributed by atoms with Gasteiger partial charge in [0, 0.05) is 13.0 Å². The van der Waals surface area contributed by atoms with E-state index in [0.29, 0.717) is 18.6 Å². The Balaban J connectivity index is 0.00000180. The summed E-state index contributed by atoms with van der Waals surface area (Å²) in [6.45, 7) is 3.79. The lowest BCUT2D eigenvalue weighted by molar-refractivity contribution is -0.143. The zero-order chi connectivity index (χ0) is 13.0. The molecular weight excluding hydrogens is 269 g/mol. The Kier molecular flexibility index (Phi) is 6.25. The molecule has 2 rings (SSSR count). The zero-order valence-electron chi connectivity index (χ0n) is 11.0. The topological polar surface area (TPSA) is 38.3 Å². The summed E-state index contributed by atoms with van der Waals surface area (Å²) >= 11 is 0. The summed E-state index contributed by atoms with van der Waals surface area (Å²) in [5.74, 6) is -0.488. The summed E-state index contributed by atoms with van der Waals surface area (Å²) in [5.41, 5.74) is 2.83. The molecule has 1 aromatic carbocycles. The first kappa shape index (κ1) is 15.9. The lowest BCUT2D eigenvalue weighted by Gasteiger charge is -2.18. The average Bonchev–Trinajstić information content (AvgIpc) is 2.36. The van der Waals surface area contributed by atoms with Gasteiger partial charge in [0.15, 0.2) is 0 Å². The van der Waals surface area contributed by atoms with Gasteiger partial charge in [0.05, 0.1) is 6.61 Å². The number of hydrogen-bond donors (Lipinski definition) is 1. The maximum Gasteiger partial charge on any atom is 0.306 e. The van der Waals surface area contributed by atoms with Gasteiger partial charge in [-0.2, -0.15) is 0 Å². The predicted octanol–water partition coefficient (Wildman–Crippen LogP) is 2.39. The molecule has 0 saturated carbocycles. The predicted molar refractivity (Wildman–Crippen MR) is 74.0 cm³/mol. The summed E-state index contributed by atoms with van der Waals surface area (Å²) < 4.78 is 18.7. The van der Waals surface area contributed by atoms with Crippen LogP contribution in [0.5, 0.6) is 0 Å². The maximum atomic E-state index is 13.8. The molecule has 1 aliphatic heterocycles. The van der Waals surface area contributed by atoms with E-state index in [2.05, 4.69) is 5.32 Å². The van der Waals surface area contributed by atoms with Crippen LogP contribution in [0, 0.1) is 5.82 Å². The van der Waals surface area contributed by atoms with Crippen molar-refractivity contribution in [2.24, 2.45) is 0 Å². The van der Waals surface area contributed by atoms with Crippen LogP contribution in [0.4, 0.5) is 4.39 Å². The van der Waals surface area contributed by atoms with Gasteiger partial charge in [-0.3, -0.25) is 4.79 Å². The highest BCUT2D eigenvalue weighted by atomic mass is 35.5. The van der Waals surface area contributed by atoms with Crippen LogP contribution in [0.3, 0.4) is 0 Å². The molecule has 0 fully saturated rings. The molecule has 3 nitrogen and oxygen atoms in total. The fourth-order valence-electron chi connectivity index (χ4n) is 2.22. The van der Waals surface area contributed by atoms with E-state index in [1.165, 1.54) is 5.56 Å². The smallest absolute Gasteiger partial charge is 0.306 e. The minimum atomic E-state index is -0.267. The van der Waals surface area contributed by atoms with Crippen molar-refractivity contribution in [3.63, 3.8) is 0 Å². The highest BCUT2D eigenvalue weighted by Crippen LogP contribution is 2.20. The maximum absolute atomic E-state index is 13.8. The molecule has 0 aromatic heterocycles. The number of rotatable bonds is 4. The van der Waals surface area contributed by atoms with Crippen LogP contribution in [0.25, 0.3) is 0 Å². The quantitative estimate of drug-likeness (QED) is 0.864. The lowest BCUT2D eigenvalue weighted by Crippen LogP contribution is -2.24. The number of halogens is 2. The Hall–Kier alpha value is -1.13. The summed E-state index contributed by atoms with van der Waals surface area (Å²) in [6.07, 6.45) is 1.56. The Labute approximate surface area is 118 Å². The fourth-order valence-corrected chi connectivity index (χ4v) is 2.22. The normalized spacial score (nSPS) is 13.4. The van der Waals surface area contributed by atoms with Crippen molar-refractivity contribution < 1.29 is 13.9 Å². The molecule has 0 saturated heterocycles. The molecule has 0 atom stereocenters. The third-order valence-electron chi connectivity index (χ3n) is 3.16. The van der Waals surface area contributed by atoms with Gasteiger partial charge in [-0.25, -0.2) is 4.39 Å². The molecular formula is C14H19ClFNO2. The van der Waals surface area contributed by atoms with Crippen LogP contribution in [0.2, 0.25) is 0 Å². The number of benzene rings is 1. The van der Waals surface area contributed by atoms with E-state index in [0.717, 1.165) is 25.1 Å². The Morgan fingerprint density at radius 1 is 1.42 bits per heavy atom. The molecule has 0 bridgehead atoms. The van der Waals surface area contributed by atoms with Crippen molar-refractivity contribution in [1.29, 1.82) is 0 Å².